The van der Waals surface area contributed by atoms with Gasteiger partial charge in [0.05, 0.1) is 5.56 Å². The molecule has 29 heavy (non-hydrogen) atoms. The highest BCUT2D eigenvalue weighted by Crippen LogP contribution is 2.24. The predicted octanol–water partition coefficient (Wildman–Crippen LogP) is 3.13. The topological polar surface area (TPSA) is 105 Å². The number of hydrogen-bond acceptors (Lipinski definition) is 3. The third-order valence-corrected chi connectivity index (χ3v) is 3.98. The number of carbonyl (C=O) groups is 2. The predicted molar refractivity (Wildman–Crippen MR) is 110 cm³/mol. The molecule has 0 radical (unpaired) electrons. The van der Waals surface area contributed by atoms with Gasteiger partial charge in [0.2, 0.25) is 11.5 Å². The molecule has 0 aliphatic rings. The van der Waals surface area contributed by atoms with E-state index in [9.17, 15) is 18.8 Å². The van der Waals surface area contributed by atoms with Crippen LogP contribution < -0.4 is 16.6 Å². The SMILES string of the molecule is Clc1ccccc1.NC(=O)CCNC(=O)c1cc(=O)[nH]cc1-c1ccccc1F. The van der Waals surface area contributed by atoms with Crippen molar-refractivity contribution >= 4 is 23.4 Å². The van der Waals surface area contributed by atoms with E-state index >= 15 is 0 Å². The summed E-state index contributed by atoms with van der Waals surface area (Å²) < 4.78 is 13.9. The van der Waals surface area contributed by atoms with Gasteiger partial charge in [-0.25, -0.2) is 4.39 Å². The fourth-order valence-electron chi connectivity index (χ4n) is 2.37. The summed E-state index contributed by atoms with van der Waals surface area (Å²) in [5.74, 6) is -1.65. The van der Waals surface area contributed by atoms with Crippen LogP contribution in [0.25, 0.3) is 11.1 Å². The molecule has 150 valence electrons. The zero-order valence-electron chi connectivity index (χ0n) is 15.3. The normalized spacial score (nSPS) is 9.86. The van der Waals surface area contributed by atoms with E-state index < -0.39 is 23.2 Å². The van der Waals surface area contributed by atoms with Gasteiger partial charge in [-0.3, -0.25) is 14.4 Å². The summed E-state index contributed by atoms with van der Waals surface area (Å²) in [6.07, 6.45) is 1.26. The first-order valence-electron chi connectivity index (χ1n) is 8.63. The maximum Gasteiger partial charge on any atom is 0.252 e. The Morgan fingerprint density at radius 2 is 1.69 bits per heavy atom. The van der Waals surface area contributed by atoms with E-state index in [0.717, 1.165) is 11.1 Å². The summed E-state index contributed by atoms with van der Waals surface area (Å²) in [5, 5.41) is 3.27. The Labute approximate surface area is 171 Å². The summed E-state index contributed by atoms with van der Waals surface area (Å²) in [6, 6.07) is 16.4. The number of rotatable bonds is 5. The largest absolute Gasteiger partial charge is 0.370 e. The van der Waals surface area contributed by atoms with Crippen LogP contribution in [0.5, 0.6) is 0 Å². The van der Waals surface area contributed by atoms with E-state index in [1.54, 1.807) is 6.07 Å². The van der Waals surface area contributed by atoms with Crippen LogP contribution >= 0.6 is 11.6 Å². The second-order valence-electron chi connectivity index (χ2n) is 5.87. The van der Waals surface area contributed by atoms with Crippen LogP contribution in [0.1, 0.15) is 16.8 Å². The quantitative estimate of drug-likeness (QED) is 0.596. The maximum absolute atomic E-state index is 13.9. The van der Waals surface area contributed by atoms with Crippen molar-refractivity contribution in [2.45, 2.75) is 6.42 Å². The second-order valence-corrected chi connectivity index (χ2v) is 6.31. The first kappa shape index (κ1) is 21.8. The standard InChI is InChI=1S/C15H14FN3O3.C6H5Cl/c16-12-4-2-1-3-9(12)11-8-19-14(21)7-10(11)15(22)18-6-5-13(17)20;7-6-4-2-1-3-5-6/h1-4,7-8H,5-6H2,(H2,17,20)(H,18,22)(H,19,21);1-5H. The van der Waals surface area contributed by atoms with Crippen molar-refractivity contribution in [3.8, 4) is 11.1 Å². The lowest BCUT2D eigenvalue weighted by molar-refractivity contribution is -0.117. The lowest BCUT2D eigenvalue weighted by atomic mass is 10.0. The zero-order valence-corrected chi connectivity index (χ0v) is 16.1. The number of aromatic nitrogens is 1. The molecule has 2 aromatic carbocycles. The zero-order chi connectivity index (χ0) is 21.2. The lowest BCUT2D eigenvalue weighted by Crippen LogP contribution is -2.29. The Bertz CT molecular complexity index is 1040. The monoisotopic (exact) mass is 415 g/mol. The lowest BCUT2D eigenvalue weighted by Gasteiger charge is -2.10. The van der Waals surface area contributed by atoms with Gasteiger partial charge in [0, 0.05) is 41.4 Å². The highest BCUT2D eigenvalue weighted by molar-refractivity contribution is 6.30. The number of hydrogen-bond donors (Lipinski definition) is 3. The highest BCUT2D eigenvalue weighted by atomic mass is 35.5. The van der Waals surface area contributed by atoms with Crippen molar-refractivity contribution in [3.63, 3.8) is 0 Å². The molecule has 3 rings (SSSR count). The molecule has 2 amide bonds. The number of primary amides is 1. The van der Waals surface area contributed by atoms with E-state index in [0.29, 0.717) is 0 Å². The Hall–Kier alpha value is -3.45. The van der Waals surface area contributed by atoms with Crippen LogP contribution in [0, 0.1) is 5.82 Å². The molecule has 1 heterocycles. The molecule has 1 aromatic heterocycles. The maximum atomic E-state index is 13.9. The number of benzene rings is 2. The molecule has 0 saturated heterocycles. The molecule has 0 spiro atoms. The highest BCUT2D eigenvalue weighted by Gasteiger charge is 2.16. The third-order valence-electron chi connectivity index (χ3n) is 3.72. The van der Waals surface area contributed by atoms with Gasteiger partial charge in [-0.1, -0.05) is 48.0 Å². The first-order chi connectivity index (χ1) is 13.9. The summed E-state index contributed by atoms with van der Waals surface area (Å²) in [4.78, 5) is 36.7. The fourth-order valence-corrected chi connectivity index (χ4v) is 2.52. The molecule has 0 bridgehead atoms. The Morgan fingerprint density at radius 3 is 2.28 bits per heavy atom. The Kier molecular flexibility index (Phi) is 8.12. The number of carbonyl (C=O) groups excluding carboxylic acids is 2. The van der Waals surface area contributed by atoms with Crippen molar-refractivity contribution in [2.24, 2.45) is 5.73 Å². The average Bonchev–Trinajstić information content (AvgIpc) is 2.69. The van der Waals surface area contributed by atoms with Crippen LogP contribution in [-0.2, 0) is 4.79 Å². The van der Waals surface area contributed by atoms with Crippen LogP contribution in [0.3, 0.4) is 0 Å². The van der Waals surface area contributed by atoms with Crippen molar-refractivity contribution in [1.29, 1.82) is 0 Å². The summed E-state index contributed by atoms with van der Waals surface area (Å²) in [7, 11) is 0. The Morgan fingerprint density at radius 1 is 1.03 bits per heavy atom. The van der Waals surface area contributed by atoms with Crippen molar-refractivity contribution in [3.05, 3.63) is 93.6 Å². The molecular formula is C21H19ClFN3O3. The van der Waals surface area contributed by atoms with E-state index in [4.69, 9.17) is 17.3 Å². The van der Waals surface area contributed by atoms with Gasteiger partial charge in [0.25, 0.3) is 5.91 Å². The Balaban J connectivity index is 0.000000360. The third kappa shape index (κ3) is 6.90. The number of nitrogens with one attached hydrogen (secondary N) is 2. The van der Waals surface area contributed by atoms with E-state index in [2.05, 4.69) is 10.3 Å². The van der Waals surface area contributed by atoms with Gasteiger partial charge >= 0.3 is 0 Å². The van der Waals surface area contributed by atoms with Crippen LogP contribution in [0.4, 0.5) is 4.39 Å². The van der Waals surface area contributed by atoms with Gasteiger partial charge in [-0.15, -0.1) is 0 Å². The van der Waals surface area contributed by atoms with E-state index in [-0.39, 0.29) is 29.7 Å². The van der Waals surface area contributed by atoms with Crippen molar-refractivity contribution in [2.75, 3.05) is 6.54 Å². The molecule has 0 aliphatic carbocycles. The minimum atomic E-state index is -0.578. The minimum absolute atomic E-state index is 0.0238. The van der Waals surface area contributed by atoms with Crippen LogP contribution in [0.2, 0.25) is 5.02 Å². The van der Waals surface area contributed by atoms with Gasteiger partial charge < -0.3 is 16.0 Å². The molecule has 6 nitrogen and oxygen atoms in total. The van der Waals surface area contributed by atoms with Gasteiger partial charge in [-0.2, -0.15) is 0 Å². The molecule has 4 N–H and O–H groups in total. The van der Waals surface area contributed by atoms with Gasteiger partial charge in [-0.05, 0) is 18.2 Å². The number of nitrogens with two attached hydrogens (primary N) is 1. The van der Waals surface area contributed by atoms with Crippen molar-refractivity contribution < 1.29 is 14.0 Å². The summed E-state index contributed by atoms with van der Waals surface area (Å²) in [6.45, 7) is 0.0394. The van der Waals surface area contributed by atoms with E-state index in [1.807, 2.05) is 30.3 Å². The summed E-state index contributed by atoms with van der Waals surface area (Å²) in [5.41, 5.74) is 4.98. The molecule has 3 aromatic rings. The number of aromatic amines is 1. The minimum Gasteiger partial charge on any atom is -0.370 e. The van der Waals surface area contributed by atoms with Crippen LogP contribution in [0.15, 0.2) is 71.7 Å². The molecular weight excluding hydrogens is 397 g/mol. The molecule has 0 saturated carbocycles. The molecule has 0 unspecified atom stereocenters. The molecule has 8 heteroatoms. The fraction of sp³-hybridized carbons (Fsp3) is 0.0952. The van der Waals surface area contributed by atoms with Crippen molar-refractivity contribution in [1.82, 2.24) is 10.3 Å². The number of pyridine rings is 1. The second kappa shape index (κ2) is 10.8. The first-order valence-corrected chi connectivity index (χ1v) is 9.01. The summed E-state index contributed by atoms with van der Waals surface area (Å²) >= 11 is 5.54. The average molecular weight is 416 g/mol. The van der Waals surface area contributed by atoms with Gasteiger partial charge in [0.15, 0.2) is 0 Å². The van der Waals surface area contributed by atoms with Crippen LogP contribution in [-0.4, -0.2) is 23.3 Å². The number of H-pyrrole nitrogens is 1. The van der Waals surface area contributed by atoms with E-state index in [1.165, 1.54) is 24.4 Å². The molecule has 0 atom stereocenters. The number of halogens is 2. The molecule has 0 fully saturated rings. The number of amides is 2. The smallest absolute Gasteiger partial charge is 0.252 e. The van der Waals surface area contributed by atoms with Gasteiger partial charge in [0.1, 0.15) is 5.82 Å². The molecule has 0 aliphatic heterocycles.